The van der Waals surface area contributed by atoms with Crippen LogP contribution >= 0.6 is 0 Å². The molecule has 7 heteroatoms. The Bertz CT molecular complexity index is 909. The summed E-state index contributed by atoms with van der Waals surface area (Å²) in [5.41, 5.74) is 2.72. The number of rotatable bonds is 4. The monoisotopic (exact) mass is 351 g/mol. The van der Waals surface area contributed by atoms with E-state index in [0.29, 0.717) is 26.2 Å². The highest BCUT2D eigenvalue weighted by Crippen LogP contribution is 2.22. The van der Waals surface area contributed by atoms with Crippen LogP contribution in [-0.2, 0) is 9.53 Å². The van der Waals surface area contributed by atoms with Gasteiger partial charge in [-0.05, 0) is 0 Å². The molecule has 2 aromatic heterocycles. The van der Waals surface area contributed by atoms with Crippen molar-refractivity contribution in [3.63, 3.8) is 0 Å². The average Bonchev–Trinajstić information content (AvgIpc) is 3.16. The van der Waals surface area contributed by atoms with Gasteiger partial charge >= 0.3 is 0 Å². The number of amides is 1. The Hall–Kier alpha value is -2.93. The zero-order chi connectivity index (χ0) is 17.9. The Labute approximate surface area is 151 Å². The van der Waals surface area contributed by atoms with Crippen molar-refractivity contribution in [2.24, 2.45) is 0 Å². The van der Waals surface area contributed by atoms with Crippen LogP contribution in [0.15, 0.2) is 48.7 Å². The van der Waals surface area contributed by atoms with Gasteiger partial charge in [-0.15, -0.1) is 0 Å². The Morgan fingerprint density at radius 3 is 2.96 bits per heavy atom. The van der Waals surface area contributed by atoms with Gasteiger partial charge in [0, 0.05) is 44.3 Å². The maximum absolute atomic E-state index is 11.6. The number of fused-ring (bicyclic) bond motifs is 1. The molecular weight excluding hydrogens is 330 g/mol. The highest BCUT2D eigenvalue weighted by atomic mass is 16.5. The van der Waals surface area contributed by atoms with Crippen LogP contribution in [0.5, 0.6) is 0 Å². The molecule has 7 nitrogen and oxygen atoms in total. The molecule has 134 valence electrons. The molecule has 4 rings (SSSR count). The van der Waals surface area contributed by atoms with Gasteiger partial charge in [-0.1, -0.05) is 30.3 Å². The van der Waals surface area contributed by atoms with E-state index in [2.05, 4.69) is 15.4 Å². The molecule has 1 aliphatic rings. The number of benzene rings is 1. The van der Waals surface area contributed by atoms with Crippen LogP contribution in [0.3, 0.4) is 0 Å². The molecule has 0 aliphatic carbocycles. The van der Waals surface area contributed by atoms with Gasteiger partial charge in [-0.2, -0.15) is 9.61 Å². The lowest BCUT2D eigenvalue weighted by atomic mass is 10.1. The standard InChI is InChI=1S/C19H21N5O2/c1-14(25)23-9-10-26-16(13-23)12-20-19-11-17(15-5-3-2-4-6-15)22-18-7-8-21-24(18)19/h2-8,11,16,20H,9-10,12-13H2,1H3. The second-order valence-electron chi connectivity index (χ2n) is 6.33. The van der Waals surface area contributed by atoms with Gasteiger partial charge in [0.2, 0.25) is 5.91 Å². The van der Waals surface area contributed by atoms with Crippen molar-refractivity contribution in [3.8, 4) is 11.3 Å². The quantitative estimate of drug-likeness (QED) is 0.779. The minimum atomic E-state index is -0.0494. The van der Waals surface area contributed by atoms with E-state index < -0.39 is 0 Å². The molecule has 3 aromatic rings. The summed E-state index contributed by atoms with van der Waals surface area (Å²) >= 11 is 0. The van der Waals surface area contributed by atoms with Gasteiger partial charge in [-0.3, -0.25) is 4.79 Å². The molecule has 1 N–H and O–H groups in total. The molecule has 0 saturated carbocycles. The number of hydrogen-bond acceptors (Lipinski definition) is 5. The highest BCUT2D eigenvalue weighted by Gasteiger charge is 2.22. The fourth-order valence-electron chi connectivity index (χ4n) is 3.14. The van der Waals surface area contributed by atoms with E-state index in [0.717, 1.165) is 22.7 Å². The number of ether oxygens (including phenoxy) is 1. The number of carbonyl (C=O) groups excluding carboxylic acids is 1. The first kappa shape index (κ1) is 16.5. The van der Waals surface area contributed by atoms with E-state index in [9.17, 15) is 4.79 Å². The number of nitrogens with one attached hydrogen (secondary N) is 1. The Morgan fingerprint density at radius 2 is 2.15 bits per heavy atom. The largest absolute Gasteiger partial charge is 0.373 e. The summed E-state index contributed by atoms with van der Waals surface area (Å²) in [4.78, 5) is 18.1. The van der Waals surface area contributed by atoms with Gasteiger partial charge in [0.15, 0.2) is 5.65 Å². The maximum atomic E-state index is 11.6. The summed E-state index contributed by atoms with van der Waals surface area (Å²) in [5.74, 6) is 0.936. The molecule has 1 fully saturated rings. The first-order valence-electron chi connectivity index (χ1n) is 8.72. The van der Waals surface area contributed by atoms with E-state index in [-0.39, 0.29) is 12.0 Å². The third-order valence-corrected chi connectivity index (χ3v) is 4.52. The number of carbonyl (C=O) groups is 1. The highest BCUT2D eigenvalue weighted by molar-refractivity contribution is 5.73. The zero-order valence-electron chi connectivity index (χ0n) is 14.6. The van der Waals surface area contributed by atoms with Crippen LogP contribution in [0.4, 0.5) is 5.82 Å². The molecule has 3 heterocycles. The third kappa shape index (κ3) is 3.39. The summed E-state index contributed by atoms with van der Waals surface area (Å²) in [6, 6.07) is 13.9. The second-order valence-corrected chi connectivity index (χ2v) is 6.33. The normalized spacial score (nSPS) is 17.4. The van der Waals surface area contributed by atoms with Crippen molar-refractivity contribution in [1.82, 2.24) is 19.5 Å². The van der Waals surface area contributed by atoms with Crippen LogP contribution in [0.25, 0.3) is 16.9 Å². The van der Waals surface area contributed by atoms with E-state index in [1.807, 2.05) is 47.4 Å². The molecule has 1 saturated heterocycles. The summed E-state index contributed by atoms with van der Waals surface area (Å²) in [5, 5.41) is 7.76. The van der Waals surface area contributed by atoms with Gasteiger partial charge < -0.3 is 15.0 Å². The molecule has 1 aliphatic heterocycles. The fourth-order valence-corrected chi connectivity index (χ4v) is 3.14. The summed E-state index contributed by atoms with van der Waals surface area (Å²) in [7, 11) is 0. The predicted octanol–water partition coefficient (Wildman–Crippen LogP) is 2.06. The van der Waals surface area contributed by atoms with Gasteiger partial charge in [-0.25, -0.2) is 4.98 Å². The van der Waals surface area contributed by atoms with Crippen LogP contribution in [-0.4, -0.2) is 57.8 Å². The first-order valence-corrected chi connectivity index (χ1v) is 8.72. The van der Waals surface area contributed by atoms with Crippen molar-refractivity contribution in [1.29, 1.82) is 0 Å². The predicted molar refractivity (Wildman–Crippen MR) is 98.9 cm³/mol. The molecule has 0 bridgehead atoms. The SMILES string of the molecule is CC(=O)N1CCOC(CNc2cc(-c3ccccc3)nc3ccnn23)C1. The molecule has 0 radical (unpaired) electrons. The number of hydrogen-bond donors (Lipinski definition) is 1. The Kier molecular flexibility index (Phi) is 4.53. The molecule has 1 amide bonds. The fraction of sp³-hybridized carbons (Fsp3) is 0.316. The summed E-state index contributed by atoms with van der Waals surface area (Å²) < 4.78 is 7.56. The molecular formula is C19H21N5O2. The van der Waals surface area contributed by atoms with Crippen molar-refractivity contribution >= 4 is 17.4 Å². The van der Waals surface area contributed by atoms with Crippen LogP contribution < -0.4 is 5.32 Å². The summed E-state index contributed by atoms with van der Waals surface area (Å²) in [6.07, 6.45) is 1.68. The second kappa shape index (κ2) is 7.13. The van der Waals surface area contributed by atoms with Crippen LogP contribution in [0, 0.1) is 0 Å². The van der Waals surface area contributed by atoms with E-state index in [4.69, 9.17) is 4.74 Å². The lowest BCUT2D eigenvalue weighted by Gasteiger charge is -2.32. The Morgan fingerprint density at radius 1 is 1.31 bits per heavy atom. The Balaban J connectivity index is 1.56. The van der Waals surface area contributed by atoms with Crippen molar-refractivity contribution in [2.45, 2.75) is 13.0 Å². The molecule has 1 aromatic carbocycles. The van der Waals surface area contributed by atoms with Crippen LogP contribution in [0.2, 0.25) is 0 Å². The van der Waals surface area contributed by atoms with Gasteiger partial charge in [0.25, 0.3) is 0 Å². The van der Waals surface area contributed by atoms with E-state index >= 15 is 0 Å². The smallest absolute Gasteiger partial charge is 0.219 e. The lowest BCUT2D eigenvalue weighted by molar-refractivity contribution is -0.135. The minimum absolute atomic E-state index is 0.0494. The first-order chi connectivity index (χ1) is 12.7. The molecule has 26 heavy (non-hydrogen) atoms. The van der Waals surface area contributed by atoms with Crippen LogP contribution in [0.1, 0.15) is 6.92 Å². The van der Waals surface area contributed by atoms with Gasteiger partial charge in [0.1, 0.15) is 5.82 Å². The molecule has 1 atom stereocenters. The summed E-state index contributed by atoms with van der Waals surface area (Å²) in [6.45, 7) is 4.01. The molecule has 1 unspecified atom stereocenters. The van der Waals surface area contributed by atoms with Crippen molar-refractivity contribution in [3.05, 3.63) is 48.7 Å². The lowest BCUT2D eigenvalue weighted by Crippen LogP contribution is -2.47. The molecule has 0 spiro atoms. The third-order valence-electron chi connectivity index (χ3n) is 4.52. The maximum Gasteiger partial charge on any atom is 0.219 e. The number of morpholine rings is 1. The van der Waals surface area contributed by atoms with E-state index in [1.54, 1.807) is 17.6 Å². The van der Waals surface area contributed by atoms with Crippen molar-refractivity contribution < 1.29 is 9.53 Å². The minimum Gasteiger partial charge on any atom is -0.373 e. The average molecular weight is 351 g/mol. The van der Waals surface area contributed by atoms with E-state index in [1.165, 1.54) is 0 Å². The number of aromatic nitrogens is 3. The van der Waals surface area contributed by atoms with Crippen molar-refractivity contribution in [2.75, 3.05) is 31.6 Å². The zero-order valence-corrected chi connectivity index (χ0v) is 14.6. The topological polar surface area (TPSA) is 71.8 Å². The number of anilines is 1. The van der Waals surface area contributed by atoms with Gasteiger partial charge in [0.05, 0.1) is 24.6 Å². The number of nitrogens with zero attached hydrogens (tertiary/aromatic N) is 4.